The Morgan fingerprint density at radius 1 is 1.15 bits per heavy atom. The van der Waals surface area contributed by atoms with Crippen molar-refractivity contribution in [3.63, 3.8) is 0 Å². The van der Waals surface area contributed by atoms with Gasteiger partial charge in [-0.1, -0.05) is 43.7 Å². The molecule has 5 nitrogen and oxygen atoms in total. The lowest BCUT2D eigenvalue weighted by atomic mass is 9.65. The van der Waals surface area contributed by atoms with E-state index in [2.05, 4.69) is 31.0 Å². The number of nitrogens with one attached hydrogen (secondary N) is 1. The van der Waals surface area contributed by atoms with E-state index in [-0.39, 0.29) is 54.3 Å². The van der Waals surface area contributed by atoms with Crippen LogP contribution in [0.4, 0.5) is 0 Å². The van der Waals surface area contributed by atoms with Crippen molar-refractivity contribution >= 4 is 11.7 Å². The fourth-order valence-corrected chi connectivity index (χ4v) is 7.76. The summed E-state index contributed by atoms with van der Waals surface area (Å²) in [6.07, 6.45) is 10.1. The fourth-order valence-electron chi connectivity index (χ4n) is 7.76. The Morgan fingerprint density at radius 2 is 1.94 bits per heavy atom. The van der Waals surface area contributed by atoms with Gasteiger partial charge in [-0.05, 0) is 54.2 Å². The fraction of sp³-hybridized carbons (Fsp3) is 0.571. The molecule has 3 aliphatic heterocycles. The van der Waals surface area contributed by atoms with Gasteiger partial charge in [0, 0.05) is 30.6 Å². The average Bonchev–Trinajstić information content (AvgIpc) is 3.27. The van der Waals surface area contributed by atoms with Crippen LogP contribution in [0.5, 0.6) is 5.75 Å². The molecule has 1 saturated heterocycles. The number of hydrogen-bond donors (Lipinski definition) is 2. The van der Waals surface area contributed by atoms with Crippen LogP contribution in [0.3, 0.4) is 0 Å². The van der Waals surface area contributed by atoms with Gasteiger partial charge in [0.2, 0.25) is 5.91 Å². The van der Waals surface area contributed by atoms with Crippen LogP contribution in [0, 0.1) is 47.3 Å². The maximum Gasteiger partial charge on any atom is 0.232 e. The SMILES string of the molecule is C=CC1C=CC2C3CC(C)CCC3C3Oc4ccc(cc4)CC4(O)CC(C(=O)N4)C(=O)C1C23. The minimum atomic E-state index is -1.40. The molecule has 1 aromatic carbocycles. The molecule has 174 valence electrons. The second kappa shape index (κ2) is 7.56. The second-order valence-corrected chi connectivity index (χ2v) is 11.2. The third-order valence-corrected chi connectivity index (χ3v) is 9.19. The summed E-state index contributed by atoms with van der Waals surface area (Å²) in [5.41, 5.74) is -0.492. The summed E-state index contributed by atoms with van der Waals surface area (Å²) in [6.45, 7) is 6.36. The van der Waals surface area contributed by atoms with E-state index in [0.717, 1.165) is 24.2 Å². The molecule has 3 aliphatic carbocycles. The van der Waals surface area contributed by atoms with E-state index >= 15 is 0 Å². The molecule has 1 amide bonds. The molecule has 0 spiro atoms. The minimum absolute atomic E-state index is 0.00715. The highest BCUT2D eigenvalue weighted by atomic mass is 16.5. The van der Waals surface area contributed by atoms with Crippen molar-refractivity contribution in [1.82, 2.24) is 5.32 Å². The lowest BCUT2D eigenvalue weighted by molar-refractivity contribution is -0.137. The second-order valence-electron chi connectivity index (χ2n) is 11.2. The number of amides is 1. The monoisotopic (exact) mass is 447 g/mol. The molecule has 10 unspecified atom stereocenters. The van der Waals surface area contributed by atoms with Gasteiger partial charge in [0.1, 0.15) is 29.3 Å². The Hall–Kier alpha value is -2.40. The predicted octanol–water partition coefficient (Wildman–Crippen LogP) is 3.67. The van der Waals surface area contributed by atoms with Crippen molar-refractivity contribution in [3.05, 3.63) is 54.6 Å². The zero-order valence-corrected chi connectivity index (χ0v) is 19.2. The van der Waals surface area contributed by atoms with Gasteiger partial charge in [-0.25, -0.2) is 0 Å². The third kappa shape index (κ3) is 3.30. The number of rotatable bonds is 1. The third-order valence-electron chi connectivity index (χ3n) is 9.19. The normalized spacial score (nSPS) is 45.7. The molecular weight excluding hydrogens is 414 g/mol. The Labute approximate surface area is 195 Å². The number of allylic oxidation sites excluding steroid dienone is 3. The van der Waals surface area contributed by atoms with Gasteiger partial charge in [0.15, 0.2) is 0 Å². The first-order chi connectivity index (χ1) is 15.9. The molecule has 3 fully saturated rings. The number of carbonyl (C=O) groups excluding carboxylic acids is 2. The lowest BCUT2D eigenvalue weighted by Crippen LogP contribution is -2.45. The summed E-state index contributed by atoms with van der Waals surface area (Å²) in [6, 6.07) is 7.87. The number of Topliss-reactive ketones (excluding diaryl/α,β-unsaturated/α-hetero) is 1. The number of fused-ring (bicyclic) bond motifs is 4. The molecule has 2 N–H and O–H groups in total. The maximum atomic E-state index is 14.1. The number of benzene rings is 1. The molecule has 2 saturated carbocycles. The summed E-state index contributed by atoms with van der Waals surface area (Å²) in [4.78, 5) is 27.0. The highest BCUT2D eigenvalue weighted by molar-refractivity contribution is 6.04. The summed E-state index contributed by atoms with van der Waals surface area (Å²) in [7, 11) is 0. The Kier molecular flexibility index (Phi) is 4.84. The first-order valence-electron chi connectivity index (χ1n) is 12.5. The molecule has 6 aliphatic rings. The van der Waals surface area contributed by atoms with Crippen LogP contribution < -0.4 is 10.1 Å². The van der Waals surface area contributed by atoms with Crippen molar-refractivity contribution in [3.8, 4) is 5.75 Å². The van der Waals surface area contributed by atoms with Crippen molar-refractivity contribution in [2.24, 2.45) is 47.3 Å². The van der Waals surface area contributed by atoms with Gasteiger partial charge in [0.25, 0.3) is 0 Å². The number of ketones is 1. The number of ether oxygens (including phenoxy) is 1. The summed E-state index contributed by atoms with van der Waals surface area (Å²) in [5.74, 6) is 0.910. The van der Waals surface area contributed by atoms with Crippen molar-refractivity contribution in [1.29, 1.82) is 0 Å². The highest BCUT2D eigenvalue weighted by Gasteiger charge is 2.60. The van der Waals surface area contributed by atoms with Crippen LogP contribution in [-0.4, -0.2) is 28.6 Å². The van der Waals surface area contributed by atoms with Crippen LogP contribution in [0.15, 0.2) is 49.1 Å². The Morgan fingerprint density at radius 3 is 2.70 bits per heavy atom. The largest absolute Gasteiger partial charge is 0.490 e. The van der Waals surface area contributed by atoms with Gasteiger partial charge >= 0.3 is 0 Å². The van der Waals surface area contributed by atoms with E-state index in [1.54, 1.807) is 0 Å². The minimum Gasteiger partial charge on any atom is -0.490 e. The van der Waals surface area contributed by atoms with Gasteiger partial charge < -0.3 is 15.2 Å². The molecule has 0 aromatic heterocycles. The number of hydrogen-bond acceptors (Lipinski definition) is 4. The van der Waals surface area contributed by atoms with E-state index in [0.29, 0.717) is 17.8 Å². The van der Waals surface area contributed by atoms with Gasteiger partial charge in [-0.2, -0.15) is 0 Å². The number of aliphatic hydroxyl groups is 1. The zero-order chi connectivity index (χ0) is 22.9. The molecule has 5 heteroatoms. The summed E-state index contributed by atoms with van der Waals surface area (Å²) < 4.78 is 6.74. The molecule has 1 aromatic rings. The van der Waals surface area contributed by atoms with E-state index in [9.17, 15) is 14.7 Å². The lowest BCUT2D eigenvalue weighted by Gasteiger charge is -2.38. The molecule has 3 heterocycles. The van der Waals surface area contributed by atoms with Crippen molar-refractivity contribution < 1.29 is 19.4 Å². The standard InChI is InChI=1S/C28H33NO4/c1-3-17-7-11-19-21-12-15(2)4-10-20(21)26-24(19)23(17)25(30)22-14-28(32,29-27(22)31)13-16-5-8-18(33-26)9-6-16/h3,5-9,11,15,17,19-24,26,32H,1,4,10,12-14H2,2H3,(H,29,31). The van der Waals surface area contributed by atoms with E-state index in [1.165, 1.54) is 6.42 Å². The smallest absolute Gasteiger partial charge is 0.232 e. The van der Waals surface area contributed by atoms with E-state index < -0.39 is 11.6 Å². The molecule has 4 bridgehead atoms. The van der Waals surface area contributed by atoms with E-state index in [4.69, 9.17) is 4.74 Å². The van der Waals surface area contributed by atoms with Crippen LogP contribution >= 0.6 is 0 Å². The van der Waals surface area contributed by atoms with Gasteiger partial charge in [-0.15, -0.1) is 6.58 Å². The van der Waals surface area contributed by atoms with Crippen LogP contribution in [-0.2, 0) is 16.0 Å². The molecule has 0 radical (unpaired) electrons. The summed E-state index contributed by atoms with van der Waals surface area (Å²) in [5, 5.41) is 13.9. The average molecular weight is 448 g/mol. The quantitative estimate of drug-likeness (QED) is 0.509. The van der Waals surface area contributed by atoms with Crippen LogP contribution in [0.1, 0.15) is 38.2 Å². The Bertz CT molecular complexity index is 1020. The topological polar surface area (TPSA) is 75.6 Å². The first-order valence-corrected chi connectivity index (χ1v) is 12.5. The van der Waals surface area contributed by atoms with Gasteiger partial charge in [-0.3, -0.25) is 9.59 Å². The van der Waals surface area contributed by atoms with Crippen molar-refractivity contribution in [2.45, 2.75) is 50.9 Å². The zero-order valence-electron chi connectivity index (χ0n) is 19.2. The molecule has 7 rings (SSSR count). The number of carbonyl (C=O) groups is 2. The van der Waals surface area contributed by atoms with Gasteiger partial charge in [0.05, 0.1) is 0 Å². The van der Waals surface area contributed by atoms with E-state index in [1.807, 2.05) is 30.3 Å². The Balaban J connectivity index is 1.49. The van der Waals surface area contributed by atoms with Crippen LogP contribution in [0.2, 0.25) is 0 Å². The molecular formula is C28H33NO4. The highest BCUT2D eigenvalue weighted by Crippen LogP contribution is 2.58. The summed E-state index contributed by atoms with van der Waals surface area (Å²) >= 11 is 0. The molecule has 10 atom stereocenters. The first kappa shape index (κ1) is 21.2. The van der Waals surface area contributed by atoms with Crippen molar-refractivity contribution in [2.75, 3.05) is 0 Å². The predicted molar refractivity (Wildman–Crippen MR) is 124 cm³/mol. The van der Waals surface area contributed by atoms with Crippen LogP contribution in [0.25, 0.3) is 0 Å². The maximum absolute atomic E-state index is 14.1. The molecule has 33 heavy (non-hydrogen) atoms.